The molecule has 20 heavy (non-hydrogen) atoms. The van der Waals surface area contributed by atoms with Crippen LogP contribution in [0.4, 0.5) is 8.78 Å². The third-order valence-corrected chi connectivity index (χ3v) is 3.47. The molecule has 1 N–H and O–H groups in total. The fraction of sp³-hybridized carbons (Fsp3) is 0.500. The summed E-state index contributed by atoms with van der Waals surface area (Å²) >= 11 is 0. The predicted molar refractivity (Wildman–Crippen MR) is 75.7 cm³/mol. The van der Waals surface area contributed by atoms with Crippen LogP contribution in [-0.4, -0.2) is 30.9 Å². The Balaban J connectivity index is 0.00000200. The zero-order chi connectivity index (χ0) is 13.8. The number of hydrogen-bond donors (Lipinski definition) is 1. The third kappa shape index (κ3) is 4.15. The van der Waals surface area contributed by atoms with Crippen molar-refractivity contribution in [3.8, 4) is 0 Å². The minimum absolute atomic E-state index is 0. The number of carbonyl (C=O) groups excluding carboxylic acids is 1. The molecule has 1 fully saturated rings. The van der Waals surface area contributed by atoms with Gasteiger partial charge in [0.05, 0.1) is 0 Å². The van der Waals surface area contributed by atoms with Crippen molar-refractivity contribution >= 4 is 18.3 Å². The van der Waals surface area contributed by atoms with Crippen LogP contribution >= 0.6 is 12.4 Å². The van der Waals surface area contributed by atoms with Gasteiger partial charge in [0, 0.05) is 19.5 Å². The lowest BCUT2D eigenvalue weighted by molar-refractivity contribution is -0.135. The van der Waals surface area contributed by atoms with Gasteiger partial charge in [-0.1, -0.05) is 6.07 Å². The molecule has 0 aliphatic carbocycles. The number of benzene rings is 1. The zero-order valence-electron chi connectivity index (χ0n) is 11.4. The van der Waals surface area contributed by atoms with Gasteiger partial charge < -0.3 is 10.2 Å². The number of halogens is 3. The van der Waals surface area contributed by atoms with Gasteiger partial charge in [0.15, 0.2) is 11.6 Å². The molecule has 6 heteroatoms. The van der Waals surface area contributed by atoms with E-state index in [4.69, 9.17) is 0 Å². The molecule has 0 radical (unpaired) electrons. The Morgan fingerprint density at radius 2 is 1.95 bits per heavy atom. The predicted octanol–water partition coefficient (Wildman–Crippen LogP) is 2.34. The van der Waals surface area contributed by atoms with E-state index in [1.165, 1.54) is 6.07 Å². The zero-order valence-corrected chi connectivity index (χ0v) is 12.2. The first kappa shape index (κ1) is 16.9. The quantitative estimate of drug-likeness (QED) is 0.929. The van der Waals surface area contributed by atoms with Gasteiger partial charge in [-0.25, -0.2) is 8.78 Å². The molecule has 0 unspecified atom stereocenters. The molecule has 112 valence electrons. The third-order valence-electron chi connectivity index (χ3n) is 3.47. The summed E-state index contributed by atoms with van der Waals surface area (Å²) in [5.74, 6) is -1.63. The van der Waals surface area contributed by atoms with Crippen LogP contribution < -0.4 is 5.32 Å². The molecule has 1 aromatic rings. The van der Waals surface area contributed by atoms with Crippen LogP contribution in [0.15, 0.2) is 18.2 Å². The number of nitrogens with zero attached hydrogens (tertiary/aromatic N) is 1. The second kappa shape index (κ2) is 7.55. The lowest BCUT2D eigenvalue weighted by Crippen LogP contribution is -2.38. The lowest BCUT2D eigenvalue weighted by atomic mass is 9.96. The van der Waals surface area contributed by atoms with Crippen molar-refractivity contribution in [3.05, 3.63) is 35.4 Å². The van der Waals surface area contributed by atoms with Crippen LogP contribution in [0.5, 0.6) is 0 Å². The number of nitrogens with one attached hydrogen (secondary N) is 1. The number of hydrogen-bond acceptors (Lipinski definition) is 2. The van der Waals surface area contributed by atoms with Gasteiger partial charge in [-0.15, -0.1) is 12.4 Å². The summed E-state index contributed by atoms with van der Waals surface area (Å²) in [7, 11) is 1.70. The first-order valence-corrected chi connectivity index (χ1v) is 6.47. The Bertz CT molecular complexity index is 464. The number of rotatable bonds is 3. The molecular formula is C14H19ClF2N2O. The molecule has 0 atom stereocenters. The van der Waals surface area contributed by atoms with Crippen molar-refractivity contribution in [1.29, 1.82) is 0 Å². The highest BCUT2D eigenvalue weighted by Crippen LogP contribution is 2.17. The van der Waals surface area contributed by atoms with Gasteiger partial charge in [-0.05, 0) is 43.6 Å². The summed E-state index contributed by atoms with van der Waals surface area (Å²) < 4.78 is 25.9. The second-order valence-corrected chi connectivity index (χ2v) is 4.97. The van der Waals surface area contributed by atoms with E-state index in [1.54, 1.807) is 11.9 Å². The van der Waals surface area contributed by atoms with E-state index in [0.29, 0.717) is 12.1 Å². The van der Waals surface area contributed by atoms with Crippen molar-refractivity contribution in [3.63, 3.8) is 0 Å². The number of amides is 1. The van der Waals surface area contributed by atoms with Gasteiger partial charge >= 0.3 is 0 Å². The maximum absolute atomic E-state index is 13.1. The monoisotopic (exact) mass is 304 g/mol. The van der Waals surface area contributed by atoms with Crippen molar-refractivity contribution in [2.45, 2.75) is 19.4 Å². The van der Waals surface area contributed by atoms with Crippen LogP contribution in [0.25, 0.3) is 0 Å². The molecule has 1 aromatic carbocycles. The van der Waals surface area contributed by atoms with Crippen LogP contribution in [0, 0.1) is 17.6 Å². The molecule has 1 heterocycles. The Hall–Kier alpha value is -1.20. The minimum atomic E-state index is -0.875. The smallest absolute Gasteiger partial charge is 0.225 e. The fourth-order valence-corrected chi connectivity index (χ4v) is 2.37. The molecule has 0 aromatic heterocycles. The molecule has 0 bridgehead atoms. The SMILES string of the molecule is CN(Cc1ccc(F)c(F)c1)C(=O)C1CCNCC1.Cl. The van der Waals surface area contributed by atoms with Gasteiger partial charge in [0.1, 0.15) is 0 Å². The van der Waals surface area contributed by atoms with E-state index in [9.17, 15) is 13.6 Å². The lowest BCUT2D eigenvalue weighted by Gasteiger charge is -2.27. The highest BCUT2D eigenvalue weighted by Gasteiger charge is 2.23. The number of piperidine rings is 1. The van der Waals surface area contributed by atoms with Crippen molar-refractivity contribution in [2.24, 2.45) is 5.92 Å². The highest BCUT2D eigenvalue weighted by atomic mass is 35.5. The molecule has 1 aliphatic rings. The summed E-state index contributed by atoms with van der Waals surface area (Å²) in [5.41, 5.74) is 0.601. The second-order valence-electron chi connectivity index (χ2n) is 4.97. The van der Waals surface area contributed by atoms with E-state index in [1.807, 2.05) is 0 Å². The molecule has 3 nitrogen and oxygen atoms in total. The maximum Gasteiger partial charge on any atom is 0.225 e. The van der Waals surface area contributed by atoms with E-state index < -0.39 is 11.6 Å². The minimum Gasteiger partial charge on any atom is -0.341 e. The molecule has 0 saturated carbocycles. The topological polar surface area (TPSA) is 32.3 Å². The highest BCUT2D eigenvalue weighted by molar-refractivity contribution is 5.85. The standard InChI is InChI=1S/C14H18F2N2O.ClH/c1-18(14(19)11-4-6-17-7-5-11)9-10-2-3-12(15)13(16)8-10;/h2-3,8,11,17H,4-7,9H2,1H3;1H. The van der Waals surface area contributed by atoms with Crippen LogP contribution in [0.3, 0.4) is 0 Å². The summed E-state index contributed by atoms with van der Waals surface area (Å²) in [6, 6.07) is 3.74. The first-order valence-electron chi connectivity index (χ1n) is 6.47. The van der Waals surface area contributed by atoms with Crippen LogP contribution in [0.1, 0.15) is 18.4 Å². The summed E-state index contributed by atoms with van der Waals surface area (Å²) in [5, 5.41) is 3.21. The Morgan fingerprint density at radius 3 is 2.55 bits per heavy atom. The first-order chi connectivity index (χ1) is 9.08. The molecule has 1 saturated heterocycles. The molecular weight excluding hydrogens is 286 g/mol. The van der Waals surface area contributed by atoms with E-state index >= 15 is 0 Å². The van der Waals surface area contributed by atoms with E-state index in [2.05, 4.69) is 5.32 Å². The van der Waals surface area contributed by atoms with Crippen molar-refractivity contribution in [1.82, 2.24) is 10.2 Å². The Labute approximate surface area is 123 Å². The number of carbonyl (C=O) groups is 1. The van der Waals surface area contributed by atoms with Gasteiger partial charge in [0.2, 0.25) is 5.91 Å². The van der Waals surface area contributed by atoms with Crippen molar-refractivity contribution in [2.75, 3.05) is 20.1 Å². The van der Waals surface area contributed by atoms with Crippen LogP contribution in [-0.2, 0) is 11.3 Å². The summed E-state index contributed by atoms with van der Waals surface area (Å²) in [6.07, 6.45) is 1.67. The van der Waals surface area contributed by atoms with Gasteiger partial charge in [0.25, 0.3) is 0 Å². The van der Waals surface area contributed by atoms with E-state index in [-0.39, 0.29) is 24.2 Å². The Morgan fingerprint density at radius 1 is 1.30 bits per heavy atom. The van der Waals surface area contributed by atoms with Gasteiger partial charge in [-0.2, -0.15) is 0 Å². The average Bonchev–Trinajstić information content (AvgIpc) is 2.43. The van der Waals surface area contributed by atoms with Crippen molar-refractivity contribution < 1.29 is 13.6 Å². The summed E-state index contributed by atoms with van der Waals surface area (Å²) in [6.45, 7) is 2.02. The molecule has 2 rings (SSSR count). The van der Waals surface area contributed by atoms with Crippen LogP contribution in [0.2, 0.25) is 0 Å². The average molecular weight is 305 g/mol. The fourth-order valence-electron chi connectivity index (χ4n) is 2.37. The molecule has 1 aliphatic heterocycles. The van der Waals surface area contributed by atoms with E-state index in [0.717, 1.165) is 38.1 Å². The summed E-state index contributed by atoms with van der Waals surface area (Å²) in [4.78, 5) is 13.8. The molecule has 1 amide bonds. The maximum atomic E-state index is 13.1. The molecule has 0 spiro atoms. The Kier molecular flexibility index (Phi) is 6.36. The van der Waals surface area contributed by atoms with Gasteiger partial charge in [-0.3, -0.25) is 4.79 Å². The normalized spacial score (nSPS) is 15.6. The largest absolute Gasteiger partial charge is 0.341 e.